The Hall–Kier alpha value is -1.38. The zero-order valence-electron chi connectivity index (χ0n) is 11.2. The summed E-state index contributed by atoms with van der Waals surface area (Å²) in [5, 5.41) is -0.718. The summed E-state index contributed by atoms with van der Waals surface area (Å²) in [7, 11) is 3.49. The second-order valence-corrected chi connectivity index (χ2v) is 4.21. The summed E-state index contributed by atoms with van der Waals surface area (Å²) < 4.78 is 66.0. The standard InChI is InChI=1S/C12H11ClF4O4/c1-19-9-5(11(20-2)21-3)4-6(13)7(8(9)14)10(18)12(15,16)17/h4,11H,1-3H3. The molecule has 1 rings (SSSR count). The van der Waals surface area contributed by atoms with Crippen LogP contribution >= 0.6 is 11.6 Å². The van der Waals surface area contributed by atoms with Gasteiger partial charge in [-0.15, -0.1) is 0 Å². The summed E-state index contributed by atoms with van der Waals surface area (Å²) in [5.74, 6) is -4.54. The first-order chi connectivity index (χ1) is 9.68. The number of benzene rings is 1. The minimum Gasteiger partial charge on any atom is -0.493 e. The van der Waals surface area contributed by atoms with Crippen LogP contribution in [0.1, 0.15) is 22.2 Å². The van der Waals surface area contributed by atoms with Crippen LogP contribution in [-0.4, -0.2) is 33.3 Å². The van der Waals surface area contributed by atoms with Gasteiger partial charge in [0.25, 0.3) is 5.78 Å². The van der Waals surface area contributed by atoms with Gasteiger partial charge in [-0.1, -0.05) is 11.6 Å². The van der Waals surface area contributed by atoms with Gasteiger partial charge >= 0.3 is 6.18 Å². The van der Waals surface area contributed by atoms with Crippen molar-refractivity contribution in [3.8, 4) is 5.75 Å². The van der Waals surface area contributed by atoms with E-state index in [9.17, 15) is 22.4 Å². The Labute approximate surface area is 122 Å². The monoisotopic (exact) mass is 330 g/mol. The van der Waals surface area contributed by atoms with Gasteiger partial charge in [-0.05, 0) is 6.07 Å². The molecule has 21 heavy (non-hydrogen) atoms. The molecule has 0 bridgehead atoms. The third-order valence-electron chi connectivity index (χ3n) is 2.57. The highest BCUT2D eigenvalue weighted by Gasteiger charge is 2.43. The molecule has 0 saturated carbocycles. The SMILES string of the molecule is COc1c(C(OC)OC)cc(Cl)c(C(=O)C(F)(F)F)c1F. The summed E-state index contributed by atoms with van der Waals surface area (Å²) in [6.07, 6.45) is -6.39. The number of ketones is 1. The van der Waals surface area contributed by atoms with Crippen molar-refractivity contribution in [3.63, 3.8) is 0 Å². The van der Waals surface area contributed by atoms with E-state index in [0.29, 0.717) is 0 Å². The first-order valence-electron chi connectivity index (χ1n) is 5.42. The highest BCUT2D eigenvalue weighted by atomic mass is 35.5. The van der Waals surface area contributed by atoms with E-state index in [1.807, 2.05) is 0 Å². The second kappa shape index (κ2) is 6.59. The number of ether oxygens (including phenoxy) is 3. The van der Waals surface area contributed by atoms with E-state index in [-0.39, 0.29) is 5.56 Å². The number of alkyl halides is 3. The topological polar surface area (TPSA) is 44.8 Å². The smallest absolute Gasteiger partial charge is 0.455 e. The number of halogens is 5. The lowest BCUT2D eigenvalue weighted by Gasteiger charge is -2.19. The Bertz CT molecular complexity index is 541. The number of carbonyl (C=O) groups excluding carboxylic acids is 1. The molecule has 1 aromatic carbocycles. The predicted molar refractivity (Wildman–Crippen MR) is 65.1 cm³/mol. The molecule has 0 heterocycles. The van der Waals surface area contributed by atoms with Crippen LogP contribution < -0.4 is 4.74 Å². The molecule has 118 valence electrons. The molecule has 0 saturated heterocycles. The van der Waals surface area contributed by atoms with Gasteiger partial charge < -0.3 is 14.2 Å². The number of hydrogen-bond acceptors (Lipinski definition) is 4. The Kier molecular flexibility index (Phi) is 5.54. The van der Waals surface area contributed by atoms with Gasteiger partial charge in [0.05, 0.1) is 23.3 Å². The largest absolute Gasteiger partial charge is 0.493 e. The molecule has 0 aliphatic rings. The lowest BCUT2D eigenvalue weighted by molar-refractivity contribution is -0.107. The van der Waals surface area contributed by atoms with E-state index in [1.54, 1.807) is 0 Å². The first kappa shape index (κ1) is 17.7. The quantitative estimate of drug-likeness (QED) is 0.471. The van der Waals surface area contributed by atoms with Crippen molar-refractivity contribution in [1.29, 1.82) is 0 Å². The zero-order valence-corrected chi connectivity index (χ0v) is 11.9. The molecule has 4 nitrogen and oxygen atoms in total. The van der Waals surface area contributed by atoms with Crippen molar-refractivity contribution in [2.75, 3.05) is 21.3 Å². The zero-order chi connectivity index (χ0) is 16.4. The van der Waals surface area contributed by atoms with Gasteiger partial charge in [0, 0.05) is 14.2 Å². The van der Waals surface area contributed by atoms with Crippen LogP contribution in [0.3, 0.4) is 0 Å². The molecule has 0 amide bonds. The second-order valence-electron chi connectivity index (χ2n) is 3.80. The minimum atomic E-state index is -5.26. The molecule has 0 unspecified atom stereocenters. The summed E-state index contributed by atoms with van der Waals surface area (Å²) in [5.41, 5.74) is -1.39. The van der Waals surface area contributed by atoms with Crippen molar-refractivity contribution >= 4 is 17.4 Å². The van der Waals surface area contributed by atoms with E-state index in [4.69, 9.17) is 25.8 Å². The normalized spacial score (nSPS) is 11.9. The van der Waals surface area contributed by atoms with Crippen LogP contribution in [-0.2, 0) is 9.47 Å². The summed E-state index contributed by atoms with van der Waals surface area (Å²) in [6, 6.07) is 0.931. The molecule has 0 fully saturated rings. The van der Waals surface area contributed by atoms with Crippen LogP contribution in [0.25, 0.3) is 0 Å². The third kappa shape index (κ3) is 3.45. The lowest BCUT2D eigenvalue weighted by Crippen LogP contribution is -2.25. The van der Waals surface area contributed by atoms with Crippen LogP contribution in [0.5, 0.6) is 5.75 Å². The summed E-state index contributed by atoms with van der Waals surface area (Å²) >= 11 is 5.60. The van der Waals surface area contributed by atoms with Gasteiger partial charge in [-0.3, -0.25) is 4.79 Å². The van der Waals surface area contributed by atoms with Crippen LogP contribution in [0.15, 0.2) is 6.07 Å². The Balaban J connectivity index is 3.56. The van der Waals surface area contributed by atoms with Gasteiger partial charge in [0.15, 0.2) is 17.9 Å². The predicted octanol–water partition coefficient (Wildman–Crippen LogP) is 3.52. The molecule has 0 radical (unpaired) electrons. The number of carbonyl (C=O) groups is 1. The number of hydrogen-bond donors (Lipinski definition) is 0. The van der Waals surface area contributed by atoms with E-state index in [2.05, 4.69) is 0 Å². The molecule has 0 spiro atoms. The van der Waals surface area contributed by atoms with Crippen molar-refractivity contribution in [2.24, 2.45) is 0 Å². The summed E-state index contributed by atoms with van der Waals surface area (Å²) in [4.78, 5) is 11.2. The van der Waals surface area contributed by atoms with E-state index in [0.717, 1.165) is 13.2 Å². The Morgan fingerprint density at radius 3 is 2.14 bits per heavy atom. The van der Waals surface area contributed by atoms with Crippen molar-refractivity contribution in [3.05, 3.63) is 28.0 Å². The molecule has 0 aliphatic carbocycles. The fraction of sp³-hybridized carbons (Fsp3) is 0.417. The molecular weight excluding hydrogens is 320 g/mol. The highest BCUT2D eigenvalue weighted by molar-refractivity contribution is 6.34. The number of Topliss-reactive ketones (excluding diaryl/α,β-unsaturated/α-hetero) is 1. The highest BCUT2D eigenvalue weighted by Crippen LogP contribution is 2.38. The van der Waals surface area contributed by atoms with Crippen molar-refractivity contribution < 1.29 is 36.6 Å². The maximum atomic E-state index is 14.2. The minimum absolute atomic E-state index is 0.0799. The number of rotatable bonds is 5. The number of methoxy groups -OCH3 is 3. The maximum absolute atomic E-state index is 14.2. The van der Waals surface area contributed by atoms with E-state index < -0.39 is 40.4 Å². The summed E-state index contributed by atoms with van der Waals surface area (Å²) in [6.45, 7) is 0. The third-order valence-corrected chi connectivity index (χ3v) is 2.87. The van der Waals surface area contributed by atoms with Crippen molar-refractivity contribution in [2.45, 2.75) is 12.5 Å². The van der Waals surface area contributed by atoms with Crippen LogP contribution in [0.4, 0.5) is 17.6 Å². The van der Waals surface area contributed by atoms with Crippen LogP contribution in [0, 0.1) is 5.82 Å². The van der Waals surface area contributed by atoms with E-state index in [1.165, 1.54) is 14.2 Å². The molecule has 0 atom stereocenters. The molecule has 9 heteroatoms. The Morgan fingerprint density at radius 1 is 1.24 bits per heavy atom. The average Bonchev–Trinajstić information content (AvgIpc) is 2.39. The Morgan fingerprint density at radius 2 is 1.76 bits per heavy atom. The van der Waals surface area contributed by atoms with Gasteiger partial charge in [-0.2, -0.15) is 13.2 Å². The molecule has 1 aromatic rings. The van der Waals surface area contributed by atoms with Gasteiger partial charge in [-0.25, -0.2) is 4.39 Å². The average molecular weight is 331 g/mol. The molecular formula is C12H11ClF4O4. The first-order valence-corrected chi connectivity index (χ1v) is 5.79. The van der Waals surface area contributed by atoms with Gasteiger partial charge in [0.1, 0.15) is 0 Å². The fourth-order valence-electron chi connectivity index (χ4n) is 1.70. The lowest BCUT2D eigenvalue weighted by atomic mass is 10.0. The maximum Gasteiger partial charge on any atom is 0.455 e. The van der Waals surface area contributed by atoms with Crippen LogP contribution in [0.2, 0.25) is 5.02 Å². The van der Waals surface area contributed by atoms with E-state index >= 15 is 0 Å². The van der Waals surface area contributed by atoms with Gasteiger partial charge in [0.2, 0.25) is 0 Å². The molecule has 0 aliphatic heterocycles. The van der Waals surface area contributed by atoms with Crippen molar-refractivity contribution in [1.82, 2.24) is 0 Å². The molecule has 0 N–H and O–H groups in total. The molecule has 0 aromatic heterocycles. The fourth-order valence-corrected chi connectivity index (χ4v) is 1.99.